The molecule has 0 fully saturated rings. The molecule has 1 N–H and O–H groups in total. The van der Waals surface area contributed by atoms with Crippen molar-refractivity contribution in [3.05, 3.63) is 32.8 Å². The van der Waals surface area contributed by atoms with Crippen molar-refractivity contribution in [1.82, 2.24) is 9.97 Å². The van der Waals surface area contributed by atoms with Crippen molar-refractivity contribution in [1.29, 1.82) is 0 Å². The van der Waals surface area contributed by atoms with Gasteiger partial charge in [0.05, 0.1) is 18.4 Å². The maximum atomic E-state index is 12.7. The van der Waals surface area contributed by atoms with Crippen LogP contribution in [-0.4, -0.2) is 34.7 Å². The van der Waals surface area contributed by atoms with Gasteiger partial charge in [-0.2, -0.15) is 0 Å². The number of thioether (sulfide) groups is 1. The van der Waals surface area contributed by atoms with Gasteiger partial charge in [0.1, 0.15) is 21.2 Å². The summed E-state index contributed by atoms with van der Waals surface area (Å²) in [4.78, 5) is 37.2. The largest absolute Gasteiger partial charge is 0.465 e. The molecule has 0 bridgehead atoms. The number of carbonyl (C=O) groups is 2. The molecular weight excluding hydrogens is 438 g/mol. The molecule has 0 spiro atoms. The lowest BCUT2D eigenvalue weighted by atomic mass is 9.88. The highest BCUT2D eigenvalue weighted by atomic mass is 32.2. The van der Waals surface area contributed by atoms with E-state index in [1.54, 1.807) is 17.7 Å². The van der Waals surface area contributed by atoms with Crippen LogP contribution >= 0.6 is 34.4 Å². The summed E-state index contributed by atoms with van der Waals surface area (Å²) >= 11 is 4.53. The number of nitrogens with zero attached hydrogens (tertiary/aromatic N) is 2. The SMILES string of the molecule is COC(=O)c1c(NC(=O)CSc2ncnc3sc(C)c(C)c23)sc2c1CC[C@@H](C)C2. The summed E-state index contributed by atoms with van der Waals surface area (Å²) in [5.41, 5.74) is 2.72. The fourth-order valence-corrected chi connectivity index (χ4v) is 7.05. The van der Waals surface area contributed by atoms with Gasteiger partial charge >= 0.3 is 5.97 Å². The van der Waals surface area contributed by atoms with Crippen LogP contribution in [0, 0.1) is 19.8 Å². The predicted octanol–water partition coefficient (Wildman–Crippen LogP) is 5.01. The van der Waals surface area contributed by atoms with Crippen molar-refractivity contribution < 1.29 is 14.3 Å². The van der Waals surface area contributed by atoms with Gasteiger partial charge < -0.3 is 10.1 Å². The van der Waals surface area contributed by atoms with Gasteiger partial charge in [-0.15, -0.1) is 22.7 Å². The number of hydrogen-bond donors (Lipinski definition) is 1. The Morgan fingerprint density at radius 1 is 1.30 bits per heavy atom. The molecule has 3 aromatic rings. The first kappa shape index (κ1) is 21.3. The zero-order valence-corrected chi connectivity index (χ0v) is 19.8. The summed E-state index contributed by atoms with van der Waals surface area (Å²) in [5.74, 6) is 0.248. The maximum Gasteiger partial charge on any atom is 0.341 e. The third-order valence-corrected chi connectivity index (χ3v) is 8.70. The summed E-state index contributed by atoms with van der Waals surface area (Å²) in [6, 6.07) is 0. The number of carbonyl (C=O) groups excluding carboxylic acids is 2. The van der Waals surface area contributed by atoms with Crippen LogP contribution in [0.4, 0.5) is 5.00 Å². The third-order valence-electron chi connectivity index (χ3n) is 5.42. The second kappa shape index (κ2) is 8.64. The van der Waals surface area contributed by atoms with Crippen LogP contribution in [0.25, 0.3) is 10.2 Å². The summed E-state index contributed by atoms with van der Waals surface area (Å²) in [6.07, 6.45) is 4.37. The smallest absolute Gasteiger partial charge is 0.341 e. The fraction of sp³-hybridized carbons (Fsp3) is 0.429. The molecule has 1 aliphatic rings. The molecule has 9 heteroatoms. The molecule has 1 aliphatic carbocycles. The number of ether oxygens (including phenoxy) is 1. The highest BCUT2D eigenvalue weighted by Gasteiger charge is 2.29. The number of amides is 1. The number of rotatable bonds is 5. The number of hydrogen-bond acceptors (Lipinski definition) is 8. The standard InChI is InChI=1S/C21H23N3O3S3/c1-10-5-6-13-14(7-10)30-20(17(13)21(26)27-4)24-15(25)8-28-18-16-11(2)12(3)29-19(16)23-9-22-18/h9-10H,5-8H2,1-4H3,(H,24,25)/t10-/m1/s1. The Labute approximate surface area is 187 Å². The van der Waals surface area contributed by atoms with Crippen LogP contribution in [0.15, 0.2) is 11.4 Å². The van der Waals surface area contributed by atoms with Gasteiger partial charge in [-0.1, -0.05) is 18.7 Å². The Morgan fingerprint density at radius 2 is 2.10 bits per heavy atom. The first-order valence-electron chi connectivity index (χ1n) is 9.75. The molecule has 158 valence electrons. The summed E-state index contributed by atoms with van der Waals surface area (Å²) < 4.78 is 5.00. The molecule has 0 saturated heterocycles. The molecule has 0 radical (unpaired) electrons. The maximum absolute atomic E-state index is 12.7. The molecule has 0 aliphatic heterocycles. The lowest BCUT2D eigenvalue weighted by molar-refractivity contribution is -0.113. The molecule has 0 aromatic carbocycles. The quantitative estimate of drug-likeness (QED) is 0.327. The first-order chi connectivity index (χ1) is 14.4. The van der Waals surface area contributed by atoms with E-state index in [0.717, 1.165) is 45.6 Å². The Balaban J connectivity index is 1.53. The fourth-order valence-electron chi connectivity index (χ4n) is 3.71. The van der Waals surface area contributed by atoms with Crippen LogP contribution in [0.3, 0.4) is 0 Å². The minimum atomic E-state index is -0.383. The molecule has 4 rings (SSSR count). The van der Waals surface area contributed by atoms with Crippen LogP contribution in [-0.2, 0) is 22.4 Å². The van der Waals surface area contributed by atoms with E-state index in [0.29, 0.717) is 16.5 Å². The topological polar surface area (TPSA) is 81.2 Å². The van der Waals surface area contributed by atoms with Crippen LogP contribution < -0.4 is 5.32 Å². The Bertz CT molecular complexity index is 1140. The highest BCUT2D eigenvalue weighted by Crippen LogP contribution is 2.40. The predicted molar refractivity (Wildman–Crippen MR) is 123 cm³/mol. The number of thiophene rings is 2. The molecule has 6 nitrogen and oxygen atoms in total. The third kappa shape index (κ3) is 3.98. The molecule has 3 heterocycles. The number of aromatic nitrogens is 2. The van der Waals surface area contributed by atoms with E-state index < -0.39 is 0 Å². The van der Waals surface area contributed by atoms with E-state index in [1.807, 2.05) is 0 Å². The Morgan fingerprint density at radius 3 is 2.87 bits per heavy atom. The summed E-state index contributed by atoms with van der Waals surface area (Å²) in [5, 5.41) is 5.38. The average molecular weight is 462 g/mol. The number of methoxy groups -OCH3 is 1. The van der Waals surface area contributed by atoms with Gasteiger partial charge in [0.25, 0.3) is 0 Å². The number of nitrogens with one attached hydrogen (secondary N) is 1. The van der Waals surface area contributed by atoms with Crippen molar-refractivity contribution >= 4 is 61.5 Å². The van der Waals surface area contributed by atoms with Crippen LogP contribution in [0.5, 0.6) is 0 Å². The van der Waals surface area contributed by atoms with E-state index in [2.05, 4.69) is 36.1 Å². The van der Waals surface area contributed by atoms with Gasteiger partial charge in [0, 0.05) is 15.1 Å². The minimum absolute atomic E-state index is 0.159. The van der Waals surface area contributed by atoms with Crippen LogP contribution in [0.1, 0.15) is 44.6 Å². The minimum Gasteiger partial charge on any atom is -0.465 e. The molecule has 1 amide bonds. The van der Waals surface area contributed by atoms with E-state index >= 15 is 0 Å². The lowest BCUT2D eigenvalue weighted by Crippen LogP contribution is -2.17. The van der Waals surface area contributed by atoms with E-state index in [-0.39, 0.29) is 17.6 Å². The lowest BCUT2D eigenvalue weighted by Gasteiger charge is -2.18. The highest BCUT2D eigenvalue weighted by molar-refractivity contribution is 8.00. The van der Waals surface area contributed by atoms with Gasteiger partial charge in [0.2, 0.25) is 5.91 Å². The van der Waals surface area contributed by atoms with Crippen molar-refractivity contribution in [3.8, 4) is 0 Å². The molecule has 3 aromatic heterocycles. The molecule has 1 atom stereocenters. The average Bonchev–Trinajstić information content (AvgIpc) is 3.22. The van der Waals surface area contributed by atoms with Gasteiger partial charge in [0.15, 0.2) is 0 Å². The van der Waals surface area contributed by atoms with E-state index in [9.17, 15) is 9.59 Å². The monoisotopic (exact) mass is 461 g/mol. The number of esters is 1. The van der Waals surface area contributed by atoms with Crippen molar-refractivity contribution in [3.63, 3.8) is 0 Å². The summed E-state index contributed by atoms with van der Waals surface area (Å²) in [6.45, 7) is 6.34. The molecular formula is C21H23N3O3S3. The van der Waals surface area contributed by atoms with E-state index in [4.69, 9.17) is 4.74 Å². The van der Waals surface area contributed by atoms with Crippen molar-refractivity contribution in [2.75, 3.05) is 18.2 Å². The van der Waals surface area contributed by atoms with Crippen LogP contribution in [0.2, 0.25) is 0 Å². The van der Waals surface area contributed by atoms with E-state index in [1.165, 1.54) is 40.0 Å². The van der Waals surface area contributed by atoms with Gasteiger partial charge in [-0.25, -0.2) is 14.8 Å². The first-order valence-corrected chi connectivity index (χ1v) is 12.4. The molecule has 0 unspecified atom stereocenters. The second-order valence-electron chi connectivity index (χ2n) is 7.53. The van der Waals surface area contributed by atoms with Gasteiger partial charge in [-0.05, 0) is 50.2 Å². The number of aryl methyl sites for hydroxylation is 2. The van der Waals surface area contributed by atoms with Crippen molar-refractivity contribution in [2.24, 2.45) is 5.92 Å². The summed E-state index contributed by atoms with van der Waals surface area (Å²) in [7, 11) is 1.38. The van der Waals surface area contributed by atoms with Gasteiger partial charge in [-0.3, -0.25) is 4.79 Å². The number of anilines is 1. The zero-order valence-electron chi connectivity index (χ0n) is 17.3. The Kier molecular flexibility index (Phi) is 6.13. The molecule has 30 heavy (non-hydrogen) atoms. The zero-order chi connectivity index (χ0) is 21.4. The normalized spacial score (nSPS) is 15.8. The van der Waals surface area contributed by atoms with Crippen molar-refractivity contribution in [2.45, 2.75) is 45.1 Å². The Hall–Kier alpha value is -1.97. The number of fused-ring (bicyclic) bond motifs is 2. The second-order valence-corrected chi connectivity index (χ2v) is 10.8. The molecule has 0 saturated carbocycles.